The van der Waals surface area contributed by atoms with Crippen LogP contribution in [0.1, 0.15) is 49.9 Å². The van der Waals surface area contributed by atoms with Gasteiger partial charge >= 0.3 is 41.3 Å². The summed E-state index contributed by atoms with van der Waals surface area (Å²) in [6, 6.07) is 29.1. The first-order chi connectivity index (χ1) is 23.2. The van der Waals surface area contributed by atoms with Gasteiger partial charge in [-0.3, -0.25) is 22.1 Å². The number of pyridine rings is 2. The number of halogens is 2. The molecule has 0 saturated carbocycles. The van der Waals surface area contributed by atoms with E-state index in [9.17, 15) is 0 Å². The summed E-state index contributed by atoms with van der Waals surface area (Å²) in [7, 11) is 0. The molecule has 2 atom stereocenters. The third-order valence-electron chi connectivity index (χ3n) is 8.43. The molecular formula is C43H34Cl2N2S2Zr-2. The molecule has 2 aromatic carbocycles. The fourth-order valence-electron chi connectivity index (χ4n) is 6.31. The molecule has 248 valence electrons. The van der Waals surface area contributed by atoms with Gasteiger partial charge < -0.3 is 24.8 Å². The molecule has 4 aliphatic carbocycles. The zero-order chi connectivity index (χ0) is 33.8. The number of aromatic nitrogens is 2. The Morgan fingerprint density at radius 2 is 0.920 bits per heavy atom. The quantitative estimate of drug-likeness (QED) is 0.230. The average Bonchev–Trinajstić information content (AvgIpc) is 3.83. The Morgan fingerprint density at radius 3 is 1.24 bits per heavy atom. The molecule has 2 unspecified atom stereocenters. The second kappa shape index (κ2) is 17.8. The van der Waals surface area contributed by atoms with Crippen molar-refractivity contribution in [1.82, 2.24) is 9.97 Å². The summed E-state index contributed by atoms with van der Waals surface area (Å²) < 4.78 is 1.51. The van der Waals surface area contributed by atoms with Crippen LogP contribution in [0.5, 0.6) is 0 Å². The number of benzene rings is 2. The van der Waals surface area contributed by atoms with Gasteiger partial charge in [-0.05, 0) is 56.7 Å². The van der Waals surface area contributed by atoms with E-state index in [1.165, 1.54) is 47.8 Å². The van der Waals surface area contributed by atoms with Gasteiger partial charge in [0.05, 0.1) is 0 Å². The van der Waals surface area contributed by atoms with E-state index in [4.69, 9.17) is 24.4 Å². The Hall–Kier alpha value is -3.31. The Labute approximate surface area is 334 Å². The molecule has 8 rings (SSSR count). The molecule has 0 bridgehead atoms. The summed E-state index contributed by atoms with van der Waals surface area (Å²) in [6.45, 7) is 8.35. The van der Waals surface area contributed by atoms with E-state index < -0.39 is 0 Å². The van der Waals surface area contributed by atoms with Crippen molar-refractivity contribution in [3.05, 3.63) is 179 Å². The minimum atomic E-state index is 0. The van der Waals surface area contributed by atoms with Crippen LogP contribution in [-0.4, -0.2) is 22.9 Å². The summed E-state index contributed by atoms with van der Waals surface area (Å²) in [6.07, 6.45) is 19.0. The van der Waals surface area contributed by atoms with Crippen molar-refractivity contribution < 1.29 is 49.0 Å². The summed E-state index contributed by atoms with van der Waals surface area (Å²) in [5, 5.41) is 0. The van der Waals surface area contributed by atoms with Crippen LogP contribution >= 0.6 is 24.4 Å². The van der Waals surface area contributed by atoms with Gasteiger partial charge in [0.1, 0.15) is 0 Å². The molecule has 50 heavy (non-hydrogen) atoms. The molecule has 2 aromatic heterocycles. The third-order valence-corrected chi connectivity index (χ3v) is 9.48. The van der Waals surface area contributed by atoms with Gasteiger partial charge in [-0.1, -0.05) is 111 Å². The SMILES string of the molecule is CC1=[C-]C2C(c3ccccc3)=CC(c3cccnc3)=C2C1=S.CC1=[C-]C2C(c3ccccc3)=CC(c3cccnc3)=C2C1=S.C[C](C)=[Zr+2].[Cl-].[Cl-]. The van der Waals surface area contributed by atoms with Crippen molar-refractivity contribution in [1.29, 1.82) is 0 Å². The topological polar surface area (TPSA) is 25.8 Å². The van der Waals surface area contributed by atoms with Crippen LogP contribution in [-0.2, 0) is 24.2 Å². The van der Waals surface area contributed by atoms with E-state index >= 15 is 0 Å². The number of fused-ring (bicyclic) bond motifs is 2. The van der Waals surface area contributed by atoms with Gasteiger partial charge in [0.2, 0.25) is 0 Å². The monoisotopic (exact) mass is 802 g/mol. The van der Waals surface area contributed by atoms with Crippen molar-refractivity contribution in [2.24, 2.45) is 11.8 Å². The Balaban J connectivity index is 0.000000196. The van der Waals surface area contributed by atoms with Crippen LogP contribution < -0.4 is 24.8 Å². The van der Waals surface area contributed by atoms with Gasteiger partial charge in [0, 0.05) is 24.8 Å². The second-order valence-corrected chi connectivity index (χ2v) is 15.4. The first-order valence-electron chi connectivity index (χ1n) is 15.9. The van der Waals surface area contributed by atoms with Crippen LogP contribution in [0.25, 0.3) is 22.3 Å². The van der Waals surface area contributed by atoms with E-state index in [0.29, 0.717) is 0 Å². The molecule has 0 spiro atoms. The number of hydrogen-bond donors (Lipinski definition) is 0. The molecule has 4 aliphatic rings. The van der Waals surface area contributed by atoms with Crippen LogP contribution in [0, 0.1) is 24.0 Å². The fourth-order valence-corrected chi connectivity index (χ4v) is 6.89. The standard InChI is InChI=1S/2C20H14NS.C3H6.2ClH.Zr/c2*1-13-10-18-16(14-6-3-2-4-7-14)11-17(19(18)20(13)22)15-8-5-9-21-12-15;1-3-2;;;/h2*2-9,11-12,18H,1H3;1-2H3;2*1H;/q2*-1;;;;+2/p-2. The number of hydrogen-bond acceptors (Lipinski definition) is 4. The van der Waals surface area contributed by atoms with Crippen molar-refractivity contribution >= 4 is 59.7 Å². The van der Waals surface area contributed by atoms with Gasteiger partial charge in [-0.25, -0.2) is 35.6 Å². The molecule has 0 radical (unpaired) electrons. The smallest absolute Gasteiger partial charge is 1.00 e. The van der Waals surface area contributed by atoms with Crippen molar-refractivity contribution in [3.8, 4) is 0 Å². The zero-order valence-electron chi connectivity index (χ0n) is 28.2. The van der Waals surface area contributed by atoms with Crippen LogP contribution in [0.2, 0.25) is 0 Å². The fraction of sp³-hybridized carbons (Fsp3) is 0.140. The minimum Gasteiger partial charge on any atom is -1.00 e. The maximum Gasteiger partial charge on any atom is -1.00 e. The maximum atomic E-state index is 5.65. The van der Waals surface area contributed by atoms with Gasteiger partial charge in [-0.15, -0.1) is 20.9 Å². The number of thiocarbonyl (C=S) groups is 2. The predicted molar refractivity (Wildman–Crippen MR) is 205 cm³/mol. The molecule has 0 saturated heterocycles. The van der Waals surface area contributed by atoms with Crippen molar-refractivity contribution in [2.45, 2.75) is 27.7 Å². The molecule has 2 nitrogen and oxygen atoms in total. The second-order valence-electron chi connectivity index (χ2n) is 12.1. The largest absolute Gasteiger partial charge is 1.00 e. The first kappa shape index (κ1) is 39.5. The molecular weight excluding hydrogens is 771 g/mol. The predicted octanol–water partition coefficient (Wildman–Crippen LogP) is 4.12. The number of nitrogens with zero attached hydrogens (tertiary/aromatic N) is 2. The van der Waals surface area contributed by atoms with Crippen molar-refractivity contribution in [3.63, 3.8) is 0 Å². The molecule has 0 fully saturated rings. The van der Waals surface area contributed by atoms with E-state index in [0.717, 1.165) is 32.0 Å². The van der Waals surface area contributed by atoms with E-state index in [1.54, 1.807) is 36.6 Å². The first-order valence-corrected chi connectivity index (χ1v) is 17.9. The molecule has 4 aromatic rings. The Bertz CT molecular complexity index is 1950. The Kier molecular flexibility index (Phi) is 14.0. The van der Waals surface area contributed by atoms with Crippen LogP contribution in [0.3, 0.4) is 0 Å². The van der Waals surface area contributed by atoms with Crippen molar-refractivity contribution in [2.75, 3.05) is 0 Å². The van der Waals surface area contributed by atoms with Crippen LogP contribution in [0.4, 0.5) is 0 Å². The van der Waals surface area contributed by atoms with Gasteiger partial charge in [-0.2, -0.15) is 0 Å². The summed E-state index contributed by atoms with van der Waals surface area (Å²) in [4.78, 5) is 10.4. The van der Waals surface area contributed by atoms with E-state index in [-0.39, 0.29) is 36.6 Å². The normalized spacial score (nSPS) is 18.2. The zero-order valence-corrected chi connectivity index (χ0v) is 33.8. The minimum absolute atomic E-state index is 0. The number of rotatable bonds is 4. The van der Waals surface area contributed by atoms with Crippen LogP contribution in [0.15, 0.2) is 144 Å². The molecule has 0 amide bonds. The number of allylic oxidation sites excluding steroid dienone is 12. The van der Waals surface area contributed by atoms with E-state index in [2.05, 4.69) is 123 Å². The van der Waals surface area contributed by atoms with Gasteiger partial charge in [0.15, 0.2) is 0 Å². The molecule has 0 aliphatic heterocycles. The molecule has 0 N–H and O–H groups in total. The molecule has 2 heterocycles. The maximum absolute atomic E-state index is 5.65. The summed E-state index contributed by atoms with van der Waals surface area (Å²) in [5.41, 5.74) is 14.2. The third kappa shape index (κ3) is 8.42. The summed E-state index contributed by atoms with van der Waals surface area (Å²) >= 11 is 12.8. The van der Waals surface area contributed by atoms with Gasteiger partial charge in [0.25, 0.3) is 0 Å². The molecule has 7 heteroatoms. The Morgan fingerprint density at radius 1 is 0.580 bits per heavy atom. The summed E-state index contributed by atoms with van der Waals surface area (Å²) in [5.74, 6) is 0.315. The van der Waals surface area contributed by atoms with E-state index in [1.807, 2.05) is 36.7 Å². The average molecular weight is 805 g/mol.